The molecule has 0 aromatic rings. The number of hydrogen-bond donors (Lipinski definition) is 1. The van der Waals surface area contributed by atoms with Crippen molar-refractivity contribution in [2.75, 3.05) is 32.8 Å². The van der Waals surface area contributed by atoms with Gasteiger partial charge in [0.25, 0.3) is 5.91 Å². The van der Waals surface area contributed by atoms with Gasteiger partial charge >= 0.3 is 0 Å². The molecule has 3 aliphatic heterocycles. The second-order valence-corrected chi connectivity index (χ2v) is 6.10. The maximum absolute atomic E-state index is 12.3. The number of piperidine rings is 1. The van der Waals surface area contributed by atoms with E-state index in [1.165, 1.54) is 0 Å². The minimum absolute atomic E-state index is 0.159. The standard InChI is InChI=1S/C14H25N3O2/c15-11-3-6-16(7-4-11)12-5-8-17(10-12)14(18)13-2-1-9-19-13/h11-13H,1-10,15H2/t12?,13-/m0/s1. The van der Waals surface area contributed by atoms with Crippen LogP contribution in [0.25, 0.3) is 0 Å². The average Bonchev–Trinajstić information content (AvgIpc) is 3.10. The smallest absolute Gasteiger partial charge is 0.251 e. The van der Waals surface area contributed by atoms with Crippen LogP contribution in [0.5, 0.6) is 0 Å². The second kappa shape index (κ2) is 5.77. The van der Waals surface area contributed by atoms with Crippen molar-refractivity contribution < 1.29 is 9.53 Å². The number of nitrogens with two attached hydrogens (primary N) is 1. The van der Waals surface area contributed by atoms with E-state index in [2.05, 4.69) is 4.90 Å². The Balaban J connectivity index is 1.50. The first-order chi connectivity index (χ1) is 9.24. The van der Waals surface area contributed by atoms with Gasteiger partial charge in [0.1, 0.15) is 6.10 Å². The van der Waals surface area contributed by atoms with Gasteiger partial charge in [-0.15, -0.1) is 0 Å². The SMILES string of the molecule is NC1CCN(C2CCN(C(=O)[C@@H]3CCCO3)C2)CC1. The van der Waals surface area contributed by atoms with Gasteiger partial charge in [-0.2, -0.15) is 0 Å². The quantitative estimate of drug-likeness (QED) is 0.776. The van der Waals surface area contributed by atoms with E-state index in [0.29, 0.717) is 12.1 Å². The average molecular weight is 267 g/mol. The lowest BCUT2D eigenvalue weighted by molar-refractivity contribution is -0.140. The van der Waals surface area contributed by atoms with Gasteiger partial charge in [0, 0.05) is 31.8 Å². The molecule has 0 aromatic carbocycles. The summed E-state index contributed by atoms with van der Waals surface area (Å²) in [7, 11) is 0. The van der Waals surface area contributed by atoms with Crippen molar-refractivity contribution in [1.82, 2.24) is 9.80 Å². The summed E-state index contributed by atoms with van der Waals surface area (Å²) in [5.74, 6) is 0.216. The molecule has 3 rings (SSSR count). The highest BCUT2D eigenvalue weighted by atomic mass is 16.5. The highest BCUT2D eigenvalue weighted by Gasteiger charge is 2.35. The van der Waals surface area contributed by atoms with Crippen LogP contribution in [0, 0.1) is 0 Å². The zero-order chi connectivity index (χ0) is 13.2. The Kier molecular flexibility index (Phi) is 4.05. The summed E-state index contributed by atoms with van der Waals surface area (Å²) in [4.78, 5) is 16.8. The first-order valence-corrected chi connectivity index (χ1v) is 7.64. The monoisotopic (exact) mass is 267 g/mol. The van der Waals surface area contributed by atoms with Crippen LogP contribution in [0.3, 0.4) is 0 Å². The van der Waals surface area contributed by atoms with Gasteiger partial charge in [0.15, 0.2) is 0 Å². The largest absolute Gasteiger partial charge is 0.368 e. The summed E-state index contributed by atoms with van der Waals surface area (Å²) in [6.07, 6.45) is 5.06. The lowest BCUT2D eigenvalue weighted by Crippen LogP contribution is -2.47. The van der Waals surface area contributed by atoms with Crippen molar-refractivity contribution in [3.63, 3.8) is 0 Å². The van der Waals surface area contributed by atoms with E-state index in [0.717, 1.165) is 64.9 Å². The van der Waals surface area contributed by atoms with Crippen molar-refractivity contribution in [3.8, 4) is 0 Å². The van der Waals surface area contributed by atoms with Crippen molar-refractivity contribution >= 4 is 5.91 Å². The molecular weight excluding hydrogens is 242 g/mol. The Morgan fingerprint density at radius 3 is 2.58 bits per heavy atom. The van der Waals surface area contributed by atoms with Crippen LogP contribution in [-0.2, 0) is 9.53 Å². The normalized spacial score (nSPS) is 34.1. The van der Waals surface area contributed by atoms with Crippen LogP contribution in [-0.4, -0.2) is 66.7 Å². The molecule has 2 atom stereocenters. The lowest BCUT2D eigenvalue weighted by atomic mass is 10.0. The summed E-state index contributed by atoms with van der Waals surface area (Å²) in [5, 5.41) is 0. The summed E-state index contributed by atoms with van der Waals surface area (Å²) in [6.45, 7) is 4.71. The zero-order valence-corrected chi connectivity index (χ0v) is 11.6. The van der Waals surface area contributed by atoms with E-state index < -0.39 is 0 Å². The molecule has 1 unspecified atom stereocenters. The molecule has 3 aliphatic rings. The number of rotatable bonds is 2. The Morgan fingerprint density at radius 1 is 1.11 bits per heavy atom. The predicted octanol–water partition coefficient (Wildman–Crippen LogP) is 0.189. The van der Waals surface area contributed by atoms with Gasteiger partial charge < -0.3 is 15.4 Å². The van der Waals surface area contributed by atoms with E-state index >= 15 is 0 Å². The van der Waals surface area contributed by atoms with Crippen molar-refractivity contribution in [2.45, 2.75) is 50.3 Å². The summed E-state index contributed by atoms with van der Waals surface area (Å²) < 4.78 is 5.50. The lowest BCUT2D eigenvalue weighted by Gasteiger charge is -2.34. The number of ether oxygens (including phenoxy) is 1. The van der Waals surface area contributed by atoms with Crippen LogP contribution in [0.15, 0.2) is 0 Å². The van der Waals surface area contributed by atoms with Crippen LogP contribution in [0.4, 0.5) is 0 Å². The molecule has 1 amide bonds. The minimum Gasteiger partial charge on any atom is -0.368 e. The van der Waals surface area contributed by atoms with Gasteiger partial charge in [-0.25, -0.2) is 0 Å². The van der Waals surface area contributed by atoms with E-state index in [4.69, 9.17) is 10.5 Å². The molecule has 5 heteroatoms. The molecule has 0 bridgehead atoms. The Hall–Kier alpha value is -0.650. The van der Waals surface area contributed by atoms with Gasteiger partial charge in [0.2, 0.25) is 0 Å². The molecule has 5 nitrogen and oxygen atoms in total. The van der Waals surface area contributed by atoms with E-state index in [-0.39, 0.29) is 12.0 Å². The Bertz CT molecular complexity index is 323. The molecule has 0 saturated carbocycles. The fourth-order valence-electron chi connectivity index (χ4n) is 3.50. The Labute approximate surface area is 115 Å². The van der Waals surface area contributed by atoms with Gasteiger partial charge in [-0.3, -0.25) is 9.69 Å². The molecule has 0 aliphatic carbocycles. The molecule has 108 valence electrons. The minimum atomic E-state index is -0.159. The van der Waals surface area contributed by atoms with Gasteiger partial charge in [-0.05, 0) is 45.2 Å². The highest BCUT2D eigenvalue weighted by molar-refractivity contribution is 5.81. The Morgan fingerprint density at radius 2 is 1.89 bits per heavy atom. The number of carbonyl (C=O) groups excluding carboxylic acids is 1. The summed E-state index contributed by atoms with van der Waals surface area (Å²) >= 11 is 0. The first-order valence-electron chi connectivity index (χ1n) is 7.64. The van der Waals surface area contributed by atoms with Gasteiger partial charge in [0.05, 0.1) is 0 Å². The van der Waals surface area contributed by atoms with Crippen molar-refractivity contribution in [2.24, 2.45) is 5.73 Å². The number of amides is 1. The fraction of sp³-hybridized carbons (Fsp3) is 0.929. The first kappa shape index (κ1) is 13.3. The van der Waals surface area contributed by atoms with Crippen molar-refractivity contribution in [1.29, 1.82) is 0 Å². The summed E-state index contributed by atoms with van der Waals surface area (Å²) in [5.41, 5.74) is 5.95. The van der Waals surface area contributed by atoms with E-state index in [9.17, 15) is 4.79 Å². The topological polar surface area (TPSA) is 58.8 Å². The fourth-order valence-corrected chi connectivity index (χ4v) is 3.50. The third-order valence-electron chi connectivity index (χ3n) is 4.77. The number of hydrogen-bond acceptors (Lipinski definition) is 4. The predicted molar refractivity (Wildman–Crippen MR) is 72.7 cm³/mol. The van der Waals surface area contributed by atoms with Crippen LogP contribution >= 0.6 is 0 Å². The molecule has 2 N–H and O–H groups in total. The molecule has 0 spiro atoms. The van der Waals surface area contributed by atoms with E-state index in [1.54, 1.807) is 0 Å². The number of nitrogens with zero attached hydrogens (tertiary/aromatic N) is 2. The highest BCUT2D eigenvalue weighted by Crippen LogP contribution is 2.22. The van der Waals surface area contributed by atoms with Crippen molar-refractivity contribution in [3.05, 3.63) is 0 Å². The zero-order valence-electron chi connectivity index (χ0n) is 11.6. The number of carbonyl (C=O) groups is 1. The molecule has 19 heavy (non-hydrogen) atoms. The maximum atomic E-state index is 12.3. The van der Waals surface area contributed by atoms with E-state index in [1.807, 2.05) is 4.90 Å². The van der Waals surface area contributed by atoms with Crippen LogP contribution < -0.4 is 5.73 Å². The second-order valence-electron chi connectivity index (χ2n) is 6.10. The maximum Gasteiger partial charge on any atom is 0.251 e. The van der Waals surface area contributed by atoms with Crippen LogP contribution in [0.1, 0.15) is 32.1 Å². The molecular formula is C14H25N3O2. The molecule has 3 heterocycles. The number of likely N-dealkylation sites (tertiary alicyclic amines) is 2. The van der Waals surface area contributed by atoms with Crippen LogP contribution in [0.2, 0.25) is 0 Å². The molecule has 3 fully saturated rings. The third-order valence-corrected chi connectivity index (χ3v) is 4.77. The summed E-state index contributed by atoms with van der Waals surface area (Å²) in [6, 6.07) is 0.917. The molecule has 0 aromatic heterocycles. The molecule has 3 saturated heterocycles. The molecule has 0 radical (unpaired) electrons. The third kappa shape index (κ3) is 2.93. The van der Waals surface area contributed by atoms with Gasteiger partial charge in [-0.1, -0.05) is 0 Å².